The minimum absolute atomic E-state index is 0.0178. The van der Waals surface area contributed by atoms with Gasteiger partial charge < -0.3 is 0 Å². The van der Waals surface area contributed by atoms with Crippen LogP contribution in [0.15, 0.2) is 24.3 Å². The molecule has 0 saturated carbocycles. The topological polar surface area (TPSA) is 0 Å². The van der Waals surface area contributed by atoms with E-state index in [0.29, 0.717) is 0 Å². The molecule has 1 heterocycles. The summed E-state index contributed by atoms with van der Waals surface area (Å²) in [5, 5.41) is 1.45. The summed E-state index contributed by atoms with van der Waals surface area (Å²) < 4.78 is 0. The van der Waals surface area contributed by atoms with E-state index in [1.807, 2.05) is 18.2 Å². The van der Waals surface area contributed by atoms with Gasteiger partial charge in [-0.05, 0) is 11.6 Å². The smallest absolute Gasteiger partial charge is 0.0630 e. The van der Waals surface area contributed by atoms with Crippen LogP contribution in [0.5, 0.6) is 0 Å². The molecule has 2 rings (SSSR count). The van der Waals surface area contributed by atoms with Gasteiger partial charge in [0.15, 0.2) is 0 Å². The summed E-state index contributed by atoms with van der Waals surface area (Å²) in [5.74, 6) is 0. The Bertz CT molecular complexity index is 236. The van der Waals surface area contributed by atoms with Crippen molar-refractivity contribution in [2.75, 3.05) is 0 Å². The molecule has 2 radical (unpaired) electrons. The summed E-state index contributed by atoms with van der Waals surface area (Å²) in [4.78, 5) is 0. The Hall–Kier alpha value is -0.823. The maximum absolute atomic E-state index is 3.27. The van der Waals surface area contributed by atoms with Crippen molar-refractivity contribution in [2.45, 2.75) is 0 Å². The first-order chi connectivity index (χ1) is 4.47. The molecular formula is C8H6Si. The fourth-order valence-corrected chi connectivity index (χ4v) is 1.50. The molecule has 1 aromatic rings. The van der Waals surface area contributed by atoms with E-state index in [-0.39, 0.29) is 9.52 Å². The molecule has 0 aromatic heterocycles. The molecule has 9 heavy (non-hydrogen) atoms. The Labute approximate surface area is 57.0 Å². The van der Waals surface area contributed by atoms with E-state index in [2.05, 4.69) is 17.8 Å². The maximum Gasteiger partial charge on any atom is 0.0878 e. The zero-order chi connectivity index (χ0) is 6.10. The van der Waals surface area contributed by atoms with Gasteiger partial charge in [-0.3, -0.25) is 0 Å². The molecule has 0 spiro atoms. The highest BCUT2D eigenvalue weighted by molar-refractivity contribution is 6.77. The summed E-state index contributed by atoms with van der Waals surface area (Å²) in [6, 6.07) is 11.3. The standard InChI is InChI=1S/C8H6Si/c1-2-4-7(5-3-1)8-6-9-8/h1-4H,9H2. The van der Waals surface area contributed by atoms with Gasteiger partial charge in [-0.2, -0.15) is 0 Å². The first-order valence-corrected chi connectivity index (χ1v) is 4.45. The Balaban J connectivity index is 2.40. The lowest BCUT2D eigenvalue weighted by molar-refractivity contribution is 1.64. The van der Waals surface area contributed by atoms with Crippen molar-refractivity contribution in [3.8, 4) is 0 Å². The first-order valence-electron chi connectivity index (χ1n) is 3.03. The van der Waals surface area contributed by atoms with E-state index < -0.39 is 0 Å². The van der Waals surface area contributed by atoms with Crippen LogP contribution in [-0.4, -0.2) is 9.52 Å². The molecule has 0 N–H and O–H groups in total. The number of hydrogen-bond acceptors (Lipinski definition) is 0. The summed E-state index contributed by atoms with van der Waals surface area (Å²) in [6.45, 7) is 0. The summed E-state index contributed by atoms with van der Waals surface area (Å²) in [6.07, 6.45) is 0. The van der Waals surface area contributed by atoms with Gasteiger partial charge in [-0.15, -0.1) is 0 Å². The van der Waals surface area contributed by atoms with Crippen molar-refractivity contribution < 1.29 is 0 Å². The van der Waals surface area contributed by atoms with Crippen LogP contribution in [0.25, 0.3) is 5.20 Å². The van der Waals surface area contributed by atoms with Crippen LogP contribution in [0.3, 0.4) is 0 Å². The highest BCUT2D eigenvalue weighted by Crippen LogP contribution is 2.19. The average Bonchev–Trinajstić information content (AvgIpc) is 2.71. The molecule has 42 valence electrons. The number of benzene rings is 1. The van der Waals surface area contributed by atoms with Crippen molar-refractivity contribution in [3.05, 3.63) is 41.6 Å². The van der Waals surface area contributed by atoms with Crippen LogP contribution in [0.2, 0.25) is 0 Å². The van der Waals surface area contributed by atoms with Gasteiger partial charge in [0, 0.05) is 0 Å². The molecule has 0 bridgehead atoms. The lowest BCUT2D eigenvalue weighted by atomic mass is 10.2. The molecule has 0 fully saturated rings. The van der Waals surface area contributed by atoms with E-state index in [1.54, 1.807) is 0 Å². The third kappa shape index (κ3) is 0.957. The normalized spacial score (nSPS) is 17.6. The quantitative estimate of drug-likeness (QED) is 0.493. The molecular weight excluding hydrogens is 124 g/mol. The zero-order valence-electron chi connectivity index (χ0n) is 5.02. The van der Waals surface area contributed by atoms with E-state index in [4.69, 9.17) is 0 Å². The molecule has 1 aromatic carbocycles. The number of rotatable bonds is 1. The molecule has 0 unspecified atom stereocenters. The minimum atomic E-state index is 0.0178. The first kappa shape index (κ1) is 5.00. The minimum Gasteiger partial charge on any atom is -0.0630 e. The van der Waals surface area contributed by atoms with E-state index >= 15 is 0 Å². The van der Waals surface area contributed by atoms with E-state index in [0.717, 1.165) is 0 Å². The Morgan fingerprint density at radius 1 is 1.33 bits per heavy atom. The monoisotopic (exact) mass is 130 g/mol. The molecule has 0 saturated heterocycles. The Morgan fingerprint density at radius 3 is 2.78 bits per heavy atom. The second kappa shape index (κ2) is 1.85. The lowest BCUT2D eigenvalue weighted by Gasteiger charge is -1.88. The highest BCUT2D eigenvalue weighted by Gasteiger charge is 2.09. The fourth-order valence-electron chi connectivity index (χ4n) is 0.816. The predicted molar refractivity (Wildman–Crippen MR) is 40.5 cm³/mol. The summed E-state index contributed by atoms with van der Waals surface area (Å²) in [7, 11) is 0.0178. The van der Waals surface area contributed by atoms with E-state index in [9.17, 15) is 0 Å². The molecule has 1 aliphatic rings. The lowest BCUT2D eigenvalue weighted by Crippen LogP contribution is -1.72. The van der Waals surface area contributed by atoms with Crippen molar-refractivity contribution in [1.82, 2.24) is 0 Å². The third-order valence-electron chi connectivity index (χ3n) is 1.39. The molecule has 0 atom stereocenters. The van der Waals surface area contributed by atoms with E-state index in [1.165, 1.54) is 10.8 Å². The van der Waals surface area contributed by atoms with Crippen LogP contribution < -0.4 is 0 Å². The number of hydrogen-bond donors (Lipinski definition) is 0. The average molecular weight is 130 g/mol. The van der Waals surface area contributed by atoms with Gasteiger partial charge >= 0.3 is 0 Å². The largest absolute Gasteiger partial charge is 0.0878 e. The van der Waals surface area contributed by atoms with Crippen molar-refractivity contribution in [2.24, 2.45) is 0 Å². The van der Waals surface area contributed by atoms with Gasteiger partial charge in [0.25, 0.3) is 0 Å². The van der Waals surface area contributed by atoms with Gasteiger partial charge in [0.2, 0.25) is 0 Å². The fraction of sp³-hybridized carbons (Fsp3) is 0. The second-order valence-electron chi connectivity index (χ2n) is 2.11. The van der Waals surface area contributed by atoms with Crippen LogP contribution >= 0.6 is 0 Å². The highest BCUT2D eigenvalue weighted by atomic mass is 28.2. The van der Waals surface area contributed by atoms with Crippen LogP contribution in [-0.2, 0) is 0 Å². The van der Waals surface area contributed by atoms with Gasteiger partial charge in [-0.1, -0.05) is 35.2 Å². The van der Waals surface area contributed by atoms with Crippen molar-refractivity contribution in [1.29, 1.82) is 0 Å². The van der Waals surface area contributed by atoms with Gasteiger partial charge in [-0.25, -0.2) is 0 Å². The van der Waals surface area contributed by atoms with Crippen molar-refractivity contribution in [3.63, 3.8) is 0 Å². The Kier molecular flexibility index (Phi) is 1.03. The van der Waals surface area contributed by atoms with Gasteiger partial charge in [0.05, 0.1) is 9.52 Å². The molecule has 1 aliphatic heterocycles. The van der Waals surface area contributed by atoms with Gasteiger partial charge in [0.1, 0.15) is 0 Å². The second-order valence-corrected chi connectivity index (χ2v) is 3.52. The summed E-state index contributed by atoms with van der Waals surface area (Å²) in [5.41, 5.74) is 4.54. The Morgan fingerprint density at radius 2 is 2.22 bits per heavy atom. The van der Waals surface area contributed by atoms with Crippen LogP contribution in [0.4, 0.5) is 0 Å². The molecule has 0 aliphatic carbocycles. The molecule has 0 nitrogen and oxygen atoms in total. The third-order valence-corrected chi connectivity index (χ3v) is 2.48. The SMILES string of the molecule is [C]1=C(c2[c]cccc2)[SiH2]1. The zero-order valence-corrected chi connectivity index (χ0v) is 6.43. The molecule has 0 amide bonds. The summed E-state index contributed by atoms with van der Waals surface area (Å²) >= 11 is 0. The van der Waals surface area contributed by atoms with Crippen molar-refractivity contribution >= 4 is 14.7 Å². The predicted octanol–water partition coefficient (Wildman–Crippen LogP) is 0.771. The van der Waals surface area contributed by atoms with Crippen LogP contribution in [0.1, 0.15) is 5.56 Å². The molecule has 1 heteroatoms. The van der Waals surface area contributed by atoms with Crippen LogP contribution in [0, 0.1) is 11.8 Å². The maximum atomic E-state index is 3.27.